The Balaban J connectivity index is 2.61. The molecule has 0 radical (unpaired) electrons. The van der Waals surface area contributed by atoms with Crippen molar-refractivity contribution in [1.29, 1.82) is 0 Å². The first-order valence-electron chi connectivity index (χ1n) is 5.78. The molecule has 16 heavy (non-hydrogen) atoms. The van der Waals surface area contributed by atoms with Crippen molar-refractivity contribution >= 4 is 5.69 Å². The van der Waals surface area contributed by atoms with E-state index in [4.69, 9.17) is 0 Å². The van der Waals surface area contributed by atoms with E-state index in [1.54, 1.807) is 0 Å². The second-order valence-corrected chi connectivity index (χ2v) is 4.83. The maximum atomic E-state index is 3.48. The molecule has 0 bridgehead atoms. The molecule has 1 N–H and O–H groups in total. The van der Waals surface area contributed by atoms with Gasteiger partial charge in [0.05, 0.1) is 0 Å². The van der Waals surface area contributed by atoms with Gasteiger partial charge in [0.15, 0.2) is 0 Å². The second-order valence-electron chi connectivity index (χ2n) is 4.83. The van der Waals surface area contributed by atoms with Crippen molar-refractivity contribution in [3.63, 3.8) is 0 Å². The summed E-state index contributed by atoms with van der Waals surface area (Å²) in [6, 6.07) is 8.54. The first kappa shape index (κ1) is 11.0. The number of nitrogens with one attached hydrogen (secondary N) is 1. The molecule has 0 saturated heterocycles. The zero-order valence-corrected chi connectivity index (χ0v) is 10.5. The highest BCUT2D eigenvalue weighted by molar-refractivity contribution is 5.66. The standard InChI is InChI=1S/C15H19N/c1-5-8-12-11(2)16-14-10-7-6-9-13(14)15(12,3)4/h5-10,16H,1-4H3/b8-5-. The molecule has 0 atom stereocenters. The van der Waals surface area contributed by atoms with Gasteiger partial charge in [0.25, 0.3) is 0 Å². The van der Waals surface area contributed by atoms with Crippen molar-refractivity contribution in [2.45, 2.75) is 33.1 Å². The number of allylic oxidation sites excluding steroid dienone is 4. The van der Waals surface area contributed by atoms with Gasteiger partial charge in [-0.3, -0.25) is 0 Å². The van der Waals surface area contributed by atoms with E-state index in [9.17, 15) is 0 Å². The minimum Gasteiger partial charge on any atom is -0.359 e. The summed E-state index contributed by atoms with van der Waals surface area (Å²) in [5.74, 6) is 0. The summed E-state index contributed by atoms with van der Waals surface area (Å²) < 4.78 is 0. The van der Waals surface area contributed by atoms with Crippen molar-refractivity contribution < 1.29 is 0 Å². The predicted molar refractivity (Wildman–Crippen MR) is 70.6 cm³/mol. The fourth-order valence-corrected chi connectivity index (χ4v) is 2.52. The number of para-hydroxylation sites is 1. The van der Waals surface area contributed by atoms with Crippen LogP contribution in [-0.4, -0.2) is 0 Å². The van der Waals surface area contributed by atoms with Gasteiger partial charge in [-0.05, 0) is 31.1 Å². The van der Waals surface area contributed by atoms with Crippen LogP contribution in [0.5, 0.6) is 0 Å². The number of fused-ring (bicyclic) bond motifs is 1. The summed E-state index contributed by atoms with van der Waals surface area (Å²) >= 11 is 0. The van der Waals surface area contributed by atoms with Crippen molar-refractivity contribution in [3.8, 4) is 0 Å². The lowest BCUT2D eigenvalue weighted by molar-refractivity contribution is 0.626. The van der Waals surface area contributed by atoms with E-state index in [-0.39, 0.29) is 5.41 Å². The van der Waals surface area contributed by atoms with Gasteiger partial charge in [-0.25, -0.2) is 0 Å². The zero-order valence-electron chi connectivity index (χ0n) is 10.5. The van der Waals surface area contributed by atoms with Gasteiger partial charge >= 0.3 is 0 Å². The van der Waals surface area contributed by atoms with E-state index in [0.29, 0.717) is 0 Å². The smallest absolute Gasteiger partial charge is 0.0423 e. The number of rotatable bonds is 1. The molecule has 1 heteroatoms. The Morgan fingerprint density at radius 3 is 2.56 bits per heavy atom. The lowest BCUT2D eigenvalue weighted by Gasteiger charge is -2.35. The van der Waals surface area contributed by atoms with Gasteiger partial charge in [0, 0.05) is 16.8 Å². The molecule has 84 valence electrons. The molecule has 0 unspecified atom stereocenters. The third-order valence-electron chi connectivity index (χ3n) is 3.33. The van der Waals surface area contributed by atoms with E-state index >= 15 is 0 Å². The molecular formula is C15H19N. The summed E-state index contributed by atoms with van der Waals surface area (Å²) in [6.07, 6.45) is 4.31. The topological polar surface area (TPSA) is 12.0 Å². The van der Waals surface area contributed by atoms with Gasteiger partial charge in [0.1, 0.15) is 0 Å². The molecule has 2 rings (SSSR count). The van der Waals surface area contributed by atoms with Gasteiger partial charge in [-0.2, -0.15) is 0 Å². The van der Waals surface area contributed by atoms with Crippen LogP contribution in [0.2, 0.25) is 0 Å². The third-order valence-corrected chi connectivity index (χ3v) is 3.33. The van der Waals surface area contributed by atoms with Crippen molar-refractivity contribution in [2.24, 2.45) is 0 Å². The molecule has 0 fully saturated rings. The van der Waals surface area contributed by atoms with Crippen LogP contribution >= 0.6 is 0 Å². The molecule has 1 aromatic rings. The summed E-state index contributed by atoms with van der Waals surface area (Å²) in [7, 11) is 0. The largest absolute Gasteiger partial charge is 0.359 e. The Kier molecular flexibility index (Phi) is 2.63. The molecule has 0 aliphatic carbocycles. The lowest BCUT2D eigenvalue weighted by Crippen LogP contribution is -2.27. The highest BCUT2D eigenvalue weighted by Crippen LogP contribution is 2.42. The molecule has 1 heterocycles. The Labute approximate surface area is 97.9 Å². The zero-order chi connectivity index (χ0) is 11.8. The first-order chi connectivity index (χ1) is 7.57. The van der Waals surface area contributed by atoms with E-state index in [2.05, 4.69) is 69.4 Å². The van der Waals surface area contributed by atoms with E-state index in [1.807, 2.05) is 0 Å². The number of hydrogen-bond donors (Lipinski definition) is 1. The van der Waals surface area contributed by atoms with Crippen LogP contribution < -0.4 is 5.32 Å². The highest BCUT2D eigenvalue weighted by Gasteiger charge is 2.31. The van der Waals surface area contributed by atoms with E-state index in [1.165, 1.54) is 22.5 Å². The predicted octanol–water partition coefficient (Wildman–Crippen LogP) is 4.24. The Morgan fingerprint density at radius 1 is 1.19 bits per heavy atom. The van der Waals surface area contributed by atoms with Gasteiger partial charge in [-0.1, -0.05) is 44.2 Å². The molecule has 1 aliphatic heterocycles. The van der Waals surface area contributed by atoms with Gasteiger partial charge in [-0.15, -0.1) is 0 Å². The molecule has 1 aliphatic rings. The van der Waals surface area contributed by atoms with Crippen LogP contribution in [0.15, 0.2) is 47.7 Å². The minimum absolute atomic E-state index is 0.0818. The maximum Gasteiger partial charge on any atom is 0.0423 e. The minimum atomic E-state index is 0.0818. The van der Waals surface area contributed by atoms with Gasteiger partial charge in [0.2, 0.25) is 0 Å². The number of hydrogen-bond acceptors (Lipinski definition) is 1. The molecule has 1 nitrogen and oxygen atoms in total. The lowest BCUT2D eigenvalue weighted by atomic mass is 9.74. The number of benzene rings is 1. The van der Waals surface area contributed by atoms with Crippen LogP contribution in [-0.2, 0) is 5.41 Å². The van der Waals surface area contributed by atoms with Crippen molar-refractivity contribution in [2.75, 3.05) is 5.32 Å². The third kappa shape index (κ3) is 1.57. The second kappa shape index (κ2) is 3.82. The van der Waals surface area contributed by atoms with Crippen LogP contribution in [0.3, 0.4) is 0 Å². The summed E-state index contributed by atoms with van der Waals surface area (Å²) in [5, 5.41) is 3.48. The van der Waals surface area contributed by atoms with E-state index in [0.717, 1.165) is 0 Å². The quantitative estimate of drug-likeness (QED) is 0.735. The Bertz CT molecular complexity index is 464. The monoisotopic (exact) mass is 213 g/mol. The Morgan fingerprint density at radius 2 is 1.88 bits per heavy atom. The van der Waals surface area contributed by atoms with Crippen LogP contribution in [0.1, 0.15) is 33.3 Å². The molecule has 1 aromatic carbocycles. The molecule has 0 aromatic heterocycles. The Hall–Kier alpha value is -1.50. The fraction of sp³-hybridized carbons (Fsp3) is 0.333. The molecular weight excluding hydrogens is 194 g/mol. The van der Waals surface area contributed by atoms with Crippen molar-refractivity contribution in [1.82, 2.24) is 0 Å². The van der Waals surface area contributed by atoms with E-state index < -0.39 is 0 Å². The summed E-state index contributed by atoms with van der Waals surface area (Å²) in [5.41, 5.74) is 5.31. The van der Waals surface area contributed by atoms with Gasteiger partial charge < -0.3 is 5.32 Å². The average Bonchev–Trinajstić information content (AvgIpc) is 2.24. The highest BCUT2D eigenvalue weighted by atomic mass is 14.9. The maximum absolute atomic E-state index is 3.48. The van der Waals surface area contributed by atoms with Crippen LogP contribution in [0.25, 0.3) is 0 Å². The fourth-order valence-electron chi connectivity index (χ4n) is 2.52. The summed E-state index contributed by atoms with van der Waals surface area (Å²) in [6.45, 7) is 8.78. The van der Waals surface area contributed by atoms with Crippen molar-refractivity contribution in [3.05, 3.63) is 53.3 Å². The molecule has 0 amide bonds. The number of anilines is 1. The van der Waals surface area contributed by atoms with Crippen LogP contribution in [0, 0.1) is 0 Å². The summed E-state index contributed by atoms with van der Waals surface area (Å²) in [4.78, 5) is 0. The molecule has 0 spiro atoms. The average molecular weight is 213 g/mol. The normalized spacial score (nSPS) is 18.5. The first-order valence-corrected chi connectivity index (χ1v) is 5.78. The molecule has 0 saturated carbocycles. The SMILES string of the molecule is C/C=C\C1=C(C)Nc2ccccc2C1(C)C. The van der Waals surface area contributed by atoms with Crippen LogP contribution in [0.4, 0.5) is 5.69 Å².